The smallest absolute Gasteiger partial charge is 0.333 e. The van der Waals surface area contributed by atoms with Gasteiger partial charge in [-0.25, -0.2) is 10.6 Å². The van der Waals surface area contributed by atoms with E-state index >= 15 is 0 Å². The van der Waals surface area contributed by atoms with Crippen molar-refractivity contribution < 1.29 is 14.3 Å². The van der Waals surface area contributed by atoms with Gasteiger partial charge in [0.25, 0.3) is 5.91 Å². The first-order valence-electron chi connectivity index (χ1n) is 3.89. The van der Waals surface area contributed by atoms with Gasteiger partial charge in [-0.05, 0) is 13.3 Å². The Balaban J connectivity index is 4.21. The minimum Gasteiger partial charge on any atom is -0.449 e. The van der Waals surface area contributed by atoms with Gasteiger partial charge in [-0.15, -0.1) is 0 Å². The van der Waals surface area contributed by atoms with Gasteiger partial charge in [-0.2, -0.15) is 0 Å². The SMILES string of the molecule is C=C(C)C(=O)OC(CC)C(=O)NN. The molecule has 0 aromatic rings. The number of hydrogen-bond acceptors (Lipinski definition) is 4. The molecule has 1 atom stereocenters. The second-order valence-corrected chi connectivity index (χ2v) is 2.59. The van der Waals surface area contributed by atoms with Crippen molar-refractivity contribution in [3.63, 3.8) is 0 Å². The fourth-order valence-corrected chi connectivity index (χ4v) is 0.645. The van der Waals surface area contributed by atoms with Gasteiger partial charge >= 0.3 is 5.97 Å². The van der Waals surface area contributed by atoms with Gasteiger partial charge in [0.1, 0.15) is 0 Å². The lowest BCUT2D eigenvalue weighted by molar-refractivity contribution is -0.152. The van der Waals surface area contributed by atoms with Crippen LogP contribution in [0.1, 0.15) is 20.3 Å². The van der Waals surface area contributed by atoms with Gasteiger partial charge in [0, 0.05) is 5.57 Å². The molecule has 1 amide bonds. The molecule has 0 aliphatic carbocycles. The largest absolute Gasteiger partial charge is 0.449 e. The summed E-state index contributed by atoms with van der Waals surface area (Å²) in [7, 11) is 0. The molecule has 3 N–H and O–H groups in total. The molecule has 0 saturated carbocycles. The van der Waals surface area contributed by atoms with Crippen LogP contribution >= 0.6 is 0 Å². The number of hydrazine groups is 1. The fraction of sp³-hybridized carbons (Fsp3) is 0.500. The van der Waals surface area contributed by atoms with Crippen molar-refractivity contribution in [3.05, 3.63) is 12.2 Å². The number of amides is 1. The highest BCUT2D eigenvalue weighted by Gasteiger charge is 2.19. The van der Waals surface area contributed by atoms with Crippen LogP contribution in [0.3, 0.4) is 0 Å². The van der Waals surface area contributed by atoms with Crippen LogP contribution in [0.2, 0.25) is 0 Å². The van der Waals surface area contributed by atoms with E-state index < -0.39 is 18.0 Å². The highest BCUT2D eigenvalue weighted by atomic mass is 16.5. The van der Waals surface area contributed by atoms with Gasteiger partial charge in [0.2, 0.25) is 0 Å². The second-order valence-electron chi connectivity index (χ2n) is 2.59. The predicted molar refractivity (Wildman–Crippen MR) is 47.3 cm³/mol. The molecule has 0 radical (unpaired) electrons. The van der Waals surface area contributed by atoms with Crippen LogP contribution < -0.4 is 11.3 Å². The van der Waals surface area contributed by atoms with Crippen LogP contribution in [-0.2, 0) is 14.3 Å². The molecule has 5 nitrogen and oxygen atoms in total. The first kappa shape index (κ1) is 11.6. The summed E-state index contributed by atoms with van der Waals surface area (Å²) in [6.07, 6.45) is -0.462. The Hall–Kier alpha value is -1.36. The maximum Gasteiger partial charge on any atom is 0.333 e. The summed E-state index contributed by atoms with van der Waals surface area (Å²) >= 11 is 0. The summed E-state index contributed by atoms with van der Waals surface area (Å²) in [5, 5.41) is 0. The molecule has 0 heterocycles. The van der Waals surface area contributed by atoms with Crippen LogP contribution in [0, 0.1) is 0 Å². The highest BCUT2D eigenvalue weighted by molar-refractivity contribution is 5.90. The van der Waals surface area contributed by atoms with Crippen LogP contribution in [0.5, 0.6) is 0 Å². The molecule has 0 aliphatic rings. The predicted octanol–water partition coefficient (Wildman–Crippen LogP) is -0.126. The number of hydrogen-bond donors (Lipinski definition) is 2. The average molecular weight is 186 g/mol. The van der Waals surface area contributed by atoms with E-state index in [9.17, 15) is 9.59 Å². The van der Waals surface area contributed by atoms with E-state index in [1.165, 1.54) is 6.92 Å². The van der Waals surface area contributed by atoms with Crippen LogP contribution in [0.15, 0.2) is 12.2 Å². The number of esters is 1. The second kappa shape index (κ2) is 5.31. The number of nitrogens with two attached hydrogens (primary N) is 1. The Kier molecular flexibility index (Phi) is 4.76. The van der Waals surface area contributed by atoms with Crippen molar-refractivity contribution in [3.8, 4) is 0 Å². The van der Waals surface area contributed by atoms with Crippen molar-refractivity contribution in [1.82, 2.24) is 5.43 Å². The standard InChI is InChI=1S/C8H14N2O3/c1-4-6(7(11)10-9)13-8(12)5(2)3/h6H,2,4,9H2,1,3H3,(H,10,11). The molecule has 0 fully saturated rings. The number of rotatable bonds is 4. The summed E-state index contributed by atoms with van der Waals surface area (Å²) in [6, 6.07) is 0. The van der Waals surface area contributed by atoms with Crippen molar-refractivity contribution in [2.75, 3.05) is 0 Å². The topological polar surface area (TPSA) is 81.4 Å². The van der Waals surface area contributed by atoms with E-state index in [1.54, 1.807) is 6.92 Å². The van der Waals surface area contributed by atoms with E-state index in [4.69, 9.17) is 10.6 Å². The molecule has 0 rings (SSSR count). The first-order chi connectivity index (χ1) is 6.02. The lowest BCUT2D eigenvalue weighted by Crippen LogP contribution is -2.41. The number of carbonyl (C=O) groups is 2. The Morgan fingerprint density at radius 1 is 1.62 bits per heavy atom. The number of ether oxygens (including phenoxy) is 1. The molecule has 74 valence electrons. The molecule has 0 bridgehead atoms. The Labute approximate surface area is 76.9 Å². The zero-order valence-corrected chi connectivity index (χ0v) is 7.79. The molecular weight excluding hydrogens is 172 g/mol. The third kappa shape index (κ3) is 3.71. The van der Waals surface area contributed by atoms with Crippen LogP contribution in [0.25, 0.3) is 0 Å². The lowest BCUT2D eigenvalue weighted by atomic mass is 10.2. The lowest BCUT2D eigenvalue weighted by Gasteiger charge is -2.13. The van der Waals surface area contributed by atoms with Crippen molar-refractivity contribution in [2.45, 2.75) is 26.4 Å². The normalized spacial score (nSPS) is 11.6. The Bertz CT molecular complexity index is 225. The quantitative estimate of drug-likeness (QED) is 0.211. The van der Waals surface area contributed by atoms with Crippen molar-refractivity contribution >= 4 is 11.9 Å². The zero-order valence-electron chi connectivity index (χ0n) is 7.79. The van der Waals surface area contributed by atoms with Gasteiger partial charge < -0.3 is 4.74 Å². The Morgan fingerprint density at radius 3 is 2.46 bits per heavy atom. The number of carbonyl (C=O) groups excluding carboxylic acids is 2. The maximum atomic E-state index is 11.0. The zero-order chi connectivity index (χ0) is 10.4. The van der Waals surface area contributed by atoms with Gasteiger partial charge in [0.15, 0.2) is 6.10 Å². The van der Waals surface area contributed by atoms with Gasteiger partial charge in [-0.3, -0.25) is 10.2 Å². The van der Waals surface area contributed by atoms with Crippen LogP contribution in [0.4, 0.5) is 0 Å². The van der Waals surface area contributed by atoms with Crippen molar-refractivity contribution in [2.24, 2.45) is 5.84 Å². The minimum atomic E-state index is -0.839. The summed E-state index contributed by atoms with van der Waals surface area (Å²) in [5.41, 5.74) is 2.17. The van der Waals surface area contributed by atoms with E-state index in [2.05, 4.69) is 6.58 Å². The van der Waals surface area contributed by atoms with E-state index in [0.29, 0.717) is 6.42 Å². The summed E-state index contributed by atoms with van der Waals surface area (Å²) in [6.45, 7) is 6.61. The van der Waals surface area contributed by atoms with Crippen molar-refractivity contribution in [1.29, 1.82) is 0 Å². The minimum absolute atomic E-state index is 0.253. The van der Waals surface area contributed by atoms with Crippen LogP contribution in [-0.4, -0.2) is 18.0 Å². The first-order valence-corrected chi connectivity index (χ1v) is 3.89. The molecule has 0 saturated heterocycles. The fourth-order valence-electron chi connectivity index (χ4n) is 0.645. The monoisotopic (exact) mass is 186 g/mol. The summed E-state index contributed by atoms with van der Waals surface area (Å²) in [5.74, 6) is 3.78. The van der Waals surface area contributed by atoms with E-state index in [-0.39, 0.29) is 5.57 Å². The molecule has 1 unspecified atom stereocenters. The summed E-state index contributed by atoms with van der Waals surface area (Å²) in [4.78, 5) is 21.9. The van der Waals surface area contributed by atoms with Gasteiger partial charge in [-0.1, -0.05) is 13.5 Å². The average Bonchev–Trinajstić information content (AvgIpc) is 2.12. The summed E-state index contributed by atoms with van der Waals surface area (Å²) < 4.78 is 4.78. The third-order valence-electron chi connectivity index (χ3n) is 1.40. The van der Waals surface area contributed by atoms with E-state index in [1.807, 2.05) is 5.43 Å². The number of nitrogens with one attached hydrogen (secondary N) is 1. The van der Waals surface area contributed by atoms with Gasteiger partial charge in [0.05, 0.1) is 0 Å². The highest BCUT2D eigenvalue weighted by Crippen LogP contribution is 2.02. The molecule has 0 aliphatic heterocycles. The molecule has 5 heteroatoms. The molecular formula is C8H14N2O3. The molecule has 0 spiro atoms. The molecule has 0 aromatic carbocycles. The third-order valence-corrected chi connectivity index (χ3v) is 1.40. The Morgan fingerprint density at radius 2 is 2.15 bits per heavy atom. The van der Waals surface area contributed by atoms with E-state index in [0.717, 1.165) is 0 Å². The molecule has 13 heavy (non-hydrogen) atoms. The maximum absolute atomic E-state index is 11.0. The molecule has 0 aromatic heterocycles.